The standard InChI is InChI=1S/C26H39N7O3/c1-17-14-22(31-30-17)29-21-15-20(27-18(2)28-21)19-8-7-11-33(16-19)23(34)26(6)9-12-32(13-10-26)24(35)36-25(3,4)5/h14-15,19H,7-13,16H2,1-6H3,(H2,27,28,29,30,31)/t19-/m0/s1. The second-order valence-corrected chi connectivity index (χ2v) is 11.4. The molecule has 2 saturated heterocycles. The minimum Gasteiger partial charge on any atom is -0.444 e. The van der Waals surface area contributed by atoms with Crippen LogP contribution in [-0.4, -0.2) is 73.7 Å². The van der Waals surface area contributed by atoms with E-state index in [1.807, 2.05) is 58.6 Å². The molecule has 2 aromatic rings. The molecule has 2 N–H and O–H groups in total. The number of hydrogen-bond acceptors (Lipinski definition) is 7. The van der Waals surface area contributed by atoms with Crippen LogP contribution in [0.3, 0.4) is 0 Å². The molecule has 2 aromatic heterocycles. The fraction of sp³-hybridized carbons (Fsp3) is 0.654. The molecule has 196 valence electrons. The maximum absolute atomic E-state index is 13.7. The van der Waals surface area contributed by atoms with Crippen LogP contribution in [0.2, 0.25) is 0 Å². The molecule has 2 fully saturated rings. The van der Waals surface area contributed by atoms with Gasteiger partial charge in [-0.2, -0.15) is 5.10 Å². The van der Waals surface area contributed by atoms with E-state index < -0.39 is 11.0 Å². The van der Waals surface area contributed by atoms with Crippen molar-refractivity contribution >= 4 is 23.6 Å². The molecule has 0 bridgehead atoms. The lowest BCUT2D eigenvalue weighted by Gasteiger charge is -2.43. The summed E-state index contributed by atoms with van der Waals surface area (Å²) in [6.07, 6.45) is 2.88. The number of carbonyl (C=O) groups excluding carboxylic acids is 2. The van der Waals surface area contributed by atoms with Crippen molar-refractivity contribution in [1.29, 1.82) is 0 Å². The number of likely N-dealkylation sites (tertiary alicyclic amines) is 2. The maximum Gasteiger partial charge on any atom is 0.410 e. The first-order chi connectivity index (χ1) is 16.9. The Morgan fingerprint density at radius 2 is 1.81 bits per heavy atom. The molecule has 4 rings (SSSR count). The Kier molecular flexibility index (Phi) is 7.24. The van der Waals surface area contributed by atoms with Crippen molar-refractivity contribution in [3.05, 3.63) is 29.3 Å². The third-order valence-corrected chi connectivity index (χ3v) is 6.98. The van der Waals surface area contributed by atoms with E-state index in [1.54, 1.807) is 4.90 Å². The maximum atomic E-state index is 13.7. The minimum atomic E-state index is -0.526. The van der Waals surface area contributed by atoms with Gasteiger partial charge >= 0.3 is 6.09 Å². The number of ether oxygens (including phenoxy) is 1. The Bertz CT molecular complexity index is 1100. The number of aromatic amines is 1. The summed E-state index contributed by atoms with van der Waals surface area (Å²) < 4.78 is 5.51. The second kappa shape index (κ2) is 10.1. The zero-order chi connectivity index (χ0) is 26.1. The quantitative estimate of drug-likeness (QED) is 0.647. The largest absolute Gasteiger partial charge is 0.444 e. The number of amides is 2. The van der Waals surface area contributed by atoms with Gasteiger partial charge in [0, 0.05) is 55.3 Å². The topological polar surface area (TPSA) is 116 Å². The Balaban J connectivity index is 1.40. The summed E-state index contributed by atoms with van der Waals surface area (Å²) in [5.41, 5.74) is 0.907. The molecule has 36 heavy (non-hydrogen) atoms. The molecular formula is C26H39N7O3. The summed E-state index contributed by atoms with van der Waals surface area (Å²) >= 11 is 0. The number of aromatic nitrogens is 4. The molecule has 2 aliphatic rings. The van der Waals surface area contributed by atoms with E-state index in [9.17, 15) is 9.59 Å². The highest BCUT2D eigenvalue weighted by atomic mass is 16.6. The van der Waals surface area contributed by atoms with Gasteiger partial charge in [-0.1, -0.05) is 6.92 Å². The van der Waals surface area contributed by atoms with Crippen LogP contribution in [0, 0.1) is 19.3 Å². The van der Waals surface area contributed by atoms with Crippen molar-refractivity contribution in [2.45, 2.75) is 78.7 Å². The van der Waals surface area contributed by atoms with Crippen molar-refractivity contribution in [3.8, 4) is 0 Å². The van der Waals surface area contributed by atoms with Gasteiger partial charge in [-0.05, 0) is 60.3 Å². The van der Waals surface area contributed by atoms with E-state index in [0.29, 0.717) is 49.9 Å². The van der Waals surface area contributed by atoms with Crippen LogP contribution in [0.25, 0.3) is 0 Å². The van der Waals surface area contributed by atoms with Crippen molar-refractivity contribution in [2.75, 3.05) is 31.5 Å². The smallest absolute Gasteiger partial charge is 0.410 e. The summed E-state index contributed by atoms with van der Waals surface area (Å²) in [5, 5.41) is 10.4. The molecule has 0 aromatic carbocycles. The molecule has 2 amide bonds. The van der Waals surface area contributed by atoms with E-state index in [-0.39, 0.29) is 17.9 Å². The van der Waals surface area contributed by atoms with E-state index in [2.05, 4.69) is 20.5 Å². The monoisotopic (exact) mass is 497 g/mol. The molecule has 4 heterocycles. The summed E-state index contributed by atoms with van der Waals surface area (Å²) in [7, 11) is 0. The number of hydrogen-bond donors (Lipinski definition) is 2. The van der Waals surface area contributed by atoms with Crippen LogP contribution in [0.4, 0.5) is 16.4 Å². The zero-order valence-corrected chi connectivity index (χ0v) is 22.3. The van der Waals surface area contributed by atoms with Gasteiger partial charge in [-0.25, -0.2) is 14.8 Å². The lowest BCUT2D eigenvalue weighted by Crippen LogP contribution is -2.52. The minimum absolute atomic E-state index is 0.149. The average Bonchev–Trinajstić information content (AvgIpc) is 3.22. The van der Waals surface area contributed by atoms with Crippen molar-refractivity contribution in [2.24, 2.45) is 5.41 Å². The van der Waals surface area contributed by atoms with E-state index in [4.69, 9.17) is 9.72 Å². The van der Waals surface area contributed by atoms with Gasteiger partial charge in [0.15, 0.2) is 5.82 Å². The van der Waals surface area contributed by atoms with E-state index >= 15 is 0 Å². The van der Waals surface area contributed by atoms with E-state index in [1.165, 1.54) is 0 Å². The van der Waals surface area contributed by atoms with Gasteiger partial charge in [0.25, 0.3) is 0 Å². The summed E-state index contributed by atoms with van der Waals surface area (Å²) in [4.78, 5) is 39.1. The molecular weight excluding hydrogens is 458 g/mol. The lowest BCUT2D eigenvalue weighted by molar-refractivity contribution is -0.145. The number of aryl methyl sites for hydroxylation is 2. The van der Waals surface area contributed by atoms with Gasteiger partial charge in [0.2, 0.25) is 5.91 Å². The molecule has 10 nitrogen and oxygen atoms in total. The third-order valence-electron chi connectivity index (χ3n) is 6.98. The SMILES string of the molecule is Cc1nc(Nc2cc(C)[nH]n2)cc([C@H]2CCCN(C(=O)C3(C)CCN(C(=O)OC(C)(C)C)CC3)C2)n1. The van der Waals surface area contributed by atoms with Crippen LogP contribution in [0.1, 0.15) is 76.5 Å². The molecule has 0 spiro atoms. The number of H-pyrrole nitrogens is 1. The Morgan fingerprint density at radius 1 is 1.08 bits per heavy atom. The van der Waals surface area contributed by atoms with Crippen molar-refractivity contribution in [1.82, 2.24) is 30.0 Å². The normalized spacial score (nSPS) is 20.2. The van der Waals surface area contributed by atoms with Crippen LogP contribution < -0.4 is 5.32 Å². The van der Waals surface area contributed by atoms with Gasteiger partial charge < -0.3 is 19.9 Å². The van der Waals surface area contributed by atoms with Crippen molar-refractivity contribution in [3.63, 3.8) is 0 Å². The highest BCUT2D eigenvalue weighted by Crippen LogP contribution is 2.36. The molecule has 0 saturated carbocycles. The Labute approximate surface area is 213 Å². The molecule has 10 heteroatoms. The summed E-state index contributed by atoms with van der Waals surface area (Å²) in [6.45, 7) is 13.9. The summed E-state index contributed by atoms with van der Waals surface area (Å²) in [6, 6.07) is 3.89. The lowest BCUT2D eigenvalue weighted by atomic mass is 9.78. The number of anilines is 2. The first-order valence-corrected chi connectivity index (χ1v) is 12.8. The molecule has 0 unspecified atom stereocenters. The Morgan fingerprint density at radius 3 is 2.44 bits per heavy atom. The van der Waals surface area contributed by atoms with Crippen molar-refractivity contribution < 1.29 is 14.3 Å². The zero-order valence-electron chi connectivity index (χ0n) is 22.3. The van der Waals surface area contributed by atoms with Crippen LogP contribution in [0.15, 0.2) is 12.1 Å². The number of nitrogens with zero attached hydrogens (tertiary/aromatic N) is 5. The van der Waals surface area contributed by atoms with Crippen LogP contribution in [0.5, 0.6) is 0 Å². The highest BCUT2D eigenvalue weighted by molar-refractivity contribution is 5.83. The van der Waals surface area contributed by atoms with Crippen LogP contribution >= 0.6 is 0 Å². The molecule has 2 aliphatic heterocycles. The second-order valence-electron chi connectivity index (χ2n) is 11.4. The first-order valence-electron chi connectivity index (χ1n) is 12.8. The molecule has 0 aliphatic carbocycles. The predicted molar refractivity (Wildman–Crippen MR) is 137 cm³/mol. The number of carbonyl (C=O) groups is 2. The van der Waals surface area contributed by atoms with Gasteiger partial charge in [-0.15, -0.1) is 0 Å². The van der Waals surface area contributed by atoms with E-state index in [0.717, 1.165) is 30.8 Å². The fourth-order valence-corrected chi connectivity index (χ4v) is 4.99. The molecule has 0 radical (unpaired) electrons. The summed E-state index contributed by atoms with van der Waals surface area (Å²) in [5.74, 6) is 2.42. The predicted octanol–water partition coefficient (Wildman–Crippen LogP) is 4.30. The number of piperidine rings is 2. The number of rotatable bonds is 4. The molecule has 1 atom stereocenters. The van der Waals surface area contributed by atoms with Gasteiger partial charge in [-0.3, -0.25) is 9.89 Å². The van der Waals surface area contributed by atoms with Gasteiger partial charge in [0.1, 0.15) is 17.2 Å². The van der Waals surface area contributed by atoms with Gasteiger partial charge in [0.05, 0.1) is 5.69 Å². The third kappa shape index (κ3) is 6.14. The average molecular weight is 498 g/mol. The van der Waals surface area contributed by atoms with Crippen LogP contribution in [-0.2, 0) is 9.53 Å². The first kappa shape index (κ1) is 25.9. The fourth-order valence-electron chi connectivity index (χ4n) is 4.99. The Hall–Kier alpha value is -3.17. The highest BCUT2D eigenvalue weighted by Gasteiger charge is 2.42. The number of nitrogens with one attached hydrogen (secondary N) is 2.